The number of ketones is 2. The Balaban J connectivity index is 2.21. The van der Waals surface area contributed by atoms with Gasteiger partial charge in [-0.05, 0) is 63.0 Å². The molecule has 2 bridgehead atoms. The molecule has 1 heterocycles. The van der Waals surface area contributed by atoms with E-state index < -0.39 is 5.91 Å². The van der Waals surface area contributed by atoms with Crippen LogP contribution in [0.3, 0.4) is 0 Å². The molecule has 0 aromatic carbocycles. The number of hydrogen-bond acceptors (Lipinski definition) is 3. The summed E-state index contributed by atoms with van der Waals surface area (Å²) in [7, 11) is 0. The van der Waals surface area contributed by atoms with E-state index in [-0.39, 0.29) is 17.3 Å². The molecule has 0 saturated heterocycles. The monoisotopic (exact) mass is 395 g/mol. The number of amides is 1. The molecular formula is C25H33NO3. The van der Waals surface area contributed by atoms with E-state index in [1.165, 1.54) is 23.8 Å². The van der Waals surface area contributed by atoms with Crippen molar-refractivity contribution in [2.24, 2.45) is 11.8 Å². The lowest BCUT2D eigenvalue weighted by molar-refractivity contribution is -0.119. The number of Topliss-reactive ketones (excluding diaryl/α,β-unsaturated/α-hetero) is 1. The third-order valence-electron chi connectivity index (χ3n) is 5.34. The molecule has 2 unspecified atom stereocenters. The number of carbonyl (C=O) groups excluding carboxylic acids is 3. The third kappa shape index (κ3) is 7.80. The van der Waals surface area contributed by atoms with E-state index in [1.54, 1.807) is 0 Å². The van der Waals surface area contributed by atoms with Gasteiger partial charge in [-0.2, -0.15) is 0 Å². The van der Waals surface area contributed by atoms with Crippen LogP contribution in [0.2, 0.25) is 0 Å². The summed E-state index contributed by atoms with van der Waals surface area (Å²) >= 11 is 0. The molecule has 1 aliphatic heterocycles. The van der Waals surface area contributed by atoms with Gasteiger partial charge >= 0.3 is 0 Å². The summed E-state index contributed by atoms with van der Waals surface area (Å²) < 4.78 is 0. The lowest BCUT2D eigenvalue weighted by Crippen LogP contribution is -2.30. The number of hydrogen-bond donors (Lipinski definition) is 1. The largest absolute Gasteiger partial charge is 0.319 e. The molecule has 4 heteroatoms. The van der Waals surface area contributed by atoms with Crippen molar-refractivity contribution in [2.45, 2.75) is 66.2 Å². The minimum absolute atomic E-state index is 0.0732. The molecule has 0 spiro atoms. The Hall–Kier alpha value is -2.49. The molecule has 1 aliphatic carbocycles. The summed E-state index contributed by atoms with van der Waals surface area (Å²) in [6.07, 6.45) is 16.1. The first kappa shape index (κ1) is 22.8. The molecule has 29 heavy (non-hydrogen) atoms. The molecule has 1 amide bonds. The van der Waals surface area contributed by atoms with Gasteiger partial charge in [0, 0.05) is 17.7 Å². The third-order valence-corrected chi connectivity index (χ3v) is 5.34. The van der Waals surface area contributed by atoms with Gasteiger partial charge in [0.15, 0.2) is 5.78 Å². The summed E-state index contributed by atoms with van der Waals surface area (Å²) in [4.78, 5) is 37.1. The zero-order chi connectivity index (χ0) is 21.4. The van der Waals surface area contributed by atoms with Gasteiger partial charge in [0.2, 0.25) is 11.7 Å². The van der Waals surface area contributed by atoms with Gasteiger partial charge in [0.25, 0.3) is 0 Å². The van der Waals surface area contributed by atoms with Gasteiger partial charge in [-0.25, -0.2) is 0 Å². The van der Waals surface area contributed by atoms with E-state index in [1.807, 2.05) is 13.0 Å². The van der Waals surface area contributed by atoms with E-state index >= 15 is 0 Å². The highest BCUT2D eigenvalue weighted by atomic mass is 16.2. The fourth-order valence-corrected chi connectivity index (χ4v) is 3.83. The van der Waals surface area contributed by atoms with Gasteiger partial charge in [-0.15, -0.1) is 0 Å². The van der Waals surface area contributed by atoms with E-state index in [2.05, 4.69) is 38.2 Å². The van der Waals surface area contributed by atoms with Gasteiger partial charge in [0.05, 0.1) is 5.70 Å². The molecule has 1 N–H and O–H groups in total. The number of nitrogens with one attached hydrogen (secondary N) is 1. The molecule has 0 aromatic rings. The molecule has 0 fully saturated rings. The van der Waals surface area contributed by atoms with Crippen LogP contribution in [0, 0.1) is 11.8 Å². The fraction of sp³-hybridized carbons (Fsp3) is 0.480. The van der Waals surface area contributed by atoms with Crippen molar-refractivity contribution in [1.29, 1.82) is 0 Å². The first-order valence-electron chi connectivity index (χ1n) is 10.6. The van der Waals surface area contributed by atoms with Crippen LogP contribution >= 0.6 is 0 Å². The second kappa shape index (κ2) is 10.9. The summed E-state index contributed by atoms with van der Waals surface area (Å²) in [6, 6.07) is 0. The molecule has 2 rings (SSSR count). The molecule has 4 nitrogen and oxygen atoms in total. The first-order chi connectivity index (χ1) is 13.7. The average Bonchev–Trinajstić information content (AvgIpc) is 2.61. The Morgan fingerprint density at radius 1 is 1.00 bits per heavy atom. The standard InChI is InChI=1S/C25H33NO3/c1-17-8-5-6-9-20(4)14-24(28)26-23-16-22(27)15-21(25(23)29)13-19(3)11-7-10-18(2)12-17/h6,9,12,14-16,18-19H,5,7-8,10-11,13H2,1-4H3,(H,26,28)/b9-6-,17-12-,20-14-. The average molecular weight is 396 g/mol. The van der Waals surface area contributed by atoms with Crippen LogP contribution in [0.1, 0.15) is 66.2 Å². The van der Waals surface area contributed by atoms with Crippen molar-refractivity contribution < 1.29 is 14.4 Å². The molecule has 0 aromatic heterocycles. The van der Waals surface area contributed by atoms with Crippen LogP contribution in [-0.2, 0) is 14.4 Å². The number of fused-ring (bicyclic) bond motifs is 2. The van der Waals surface area contributed by atoms with E-state index in [0.29, 0.717) is 23.8 Å². The lowest BCUT2D eigenvalue weighted by Gasteiger charge is -2.18. The van der Waals surface area contributed by atoms with Crippen LogP contribution < -0.4 is 5.32 Å². The Morgan fingerprint density at radius 3 is 2.52 bits per heavy atom. The summed E-state index contributed by atoms with van der Waals surface area (Å²) in [5.74, 6) is -0.0576. The van der Waals surface area contributed by atoms with Gasteiger partial charge < -0.3 is 5.32 Å². The Labute approximate surface area is 174 Å². The Morgan fingerprint density at radius 2 is 1.76 bits per heavy atom. The fourth-order valence-electron chi connectivity index (χ4n) is 3.83. The predicted molar refractivity (Wildman–Crippen MR) is 117 cm³/mol. The lowest BCUT2D eigenvalue weighted by atomic mass is 9.88. The van der Waals surface area contributed by atoms with Crippen molar-refractivity contribution in [1.82, 2.24) is 5.32 Å². The maximum atomic E-state index is 12.7. The number of carbonyl (C=O) groups is 3. The highest BCUT2D eigenvalue weighted by Gasteiger charge is 2.24. The zero-order valence-electron chi connectivity index (χ0n) is 18.1. The molecule has 2 atom stereocenters. The van der Waals surface area contributed by atoms with Crippen molar-refractivity contribution in [3.05, 3.63) is 58.9 Å². The van der Waals surface area contributed by atoms with Crippen LogP contribution in [0.5, 0.6) is 0 Å². The topological polar surface area (TPSA) is 63.2 Å². The minimum Gasteiger partial charge on any atom is -0.319 e. The quantitative estimate of drug-likeness (QED) is 0.456. The Kier molecular flexibility index (Phi) is 8.56. The second-order valence-electron chi connectivity index (χ2n) is 8.51. The molecule has 0 saturated carbocycles. The second-order valence-corrected chi connectivity index (χ2v) is 8.51. The molecule has 2 aliphatic rings. The van der Waals surface area contributed by atoms with Crippen LogP contribution in [0.4, 0.5) is 0 Å². The number of rotatable bonds is 0. The van der Waals surface area contributed by atoms with Crippen molar-refractivity contribution in [3.63, 3.8) is 0 Å². The van der Waals surface area contributed by atoms with Gasteiger partial charge in [0.1, 0.15) is 0 Å². The van der Waals surface area contributed by atoms with Gasteiger partial charge in [-0.3, -0.25) is 14.4 Å². The van der Waals surface area contributed by atoms with Crippen LogP contribution in [0.15, 0.2) is 58.9 Å². The maximum absolute atomic E-state index is 12.7. The molecular weight excluding hydrogens is 362 g/mol. The smallest absolute Gasteiger partial charge is 0.248 e. The van der Waals surface area contributed by atoms with Gasteiger partial charge in [-0.1, -0.05) is 50.5 Å². The van der Waals surface area contributed by atoms with Crippen molar-refractivity contribution in [2.75, 3.05) is 0 Å². The number of allylic oxidation sites excluding steroid dienone is 8. The summed E-state index contributed by atoms with van der Waals surface area (Å²) in [5.41, 5.74) is 2.75. The Bertz CT molecular complexity index is 808. The van der Waals surface area contributed by atoms with E-state index in [9.17, 15) is 14.4 Å². The van der Waals surface area contributed by atoms with Crippen LogP contribution in [0.25, 0.3) is 0 Å². The predicted octanol–water partition coefficient (Wildman–Crippen LogP) is 5.14. The van der Waals surface area contributed by atoms with Crippen molar-refractivity contribution >= 4 is 17.5 Å². The first-order valence-corrected chi connectivity index (χ1v) is 10.6. The SMILES string of the molecule is CC1=C/C(=O)NC2=CC(=O)C=C(CC(C)CCCC(C)/C=C(/C)CC/C=C\1)C2=O. The minimum atomic E-state index is -0.392. The molecule has 156 valence electrons. The summed E-state index contributed by atoms with van der Waals surface area (Å²) in [6.45, 7) is 8.38. The van der Waals surface area contributed by atoms with E-state index in [0.717, 1.165) is 37.7 Å². The summed E-state index contributed by atoms with van der Waals surface area (Å²) in [5, 5.41) is 2.59. The highest BCUT2D eigenvalue weighted by Crippen LogP contribution is 2.24. The highest BCUT2D eigenvalue weighted by molar-refractivity contribution is 6.21. The van der Waals surface area contributed by atoms with E-state index in [4.69, 9.17) is 0 Å². The zero-order valence-corrected chi connectivity index (χ0v) is 18.1. The molecule has 0 radical (unpaired) electrons. The normalized spacial score (nSPS) is 30.3. The van der Waals surface area contributed by atoms with Crippen molar-refractivity contribution in [3.8, 4) is 0 Å². The van der Waals surface area contributed by atoms with Crippen LogP contribution in [-0.4, -0.2) is 17.5 Å². The maximum Gasteiger partial charge on any atom is 0.248 e.